The first-order valence-corrected chi connectivity index (χ1v) is 9.97. The number of hydrogen-bond acceptors (Lipinski definition) is 4. The molecule has 0 bridgehead atoms. The lowest BCUT2D eigenvalue weighted by atomic mass is 10.1. The first-order valence-electron chi connectivity index (χ1n) is 9.97. The number of aryl methyl sites for hydroxylation is 2. The lowest BCUT2D eigenvalue weighted by Crippen LogP contribution is -2.43. The summed E-state index contributed by atoms with van der Waals surface area (Å²) in [4.78, 5) is 21.1. The predicted molar refractivity (Wildman–Crippen MR) is 111 cm³/mol. The number of amides is 2. The Bertz CT molecular complexity index is 766. The molecular formula is C22H30N4O2. The van der Waals surface area contributed by atoms with Crippen molar-refractivity contribution in [1.29, 1.82) is 0 Å². The fourth-order valence-electron chi connectivity index (χ4n) is 3.35. The van der Waals surface area contributed by atoms with Crippen molar-refractivity contribution < 1.29 is 9.53 Å². The minimum absolute atomic E-state index is 0.00995. The van der Waals surface area contributed by atoms with E-state index in [1.165, 1.54) is 5.56 Å². The van der Waals surface area contributed by atoms with E-state index in [0.717, 1.165) is 56.2 Å². The van der Waals surface area contributed by atoms with Crippen molar-refractivity contribution in [2.24, 2.45) is 0 Å². The lowest BCUT2D eigenvalue weighted by Gasteiger charge is -2.22. The molecule has 1 fully saturated rings. The minimum atomic E-state index is -0.00995. The van der Waals surface area contributed by atoms with E-state index >= 15 is 0 Å². The monoisotopic (exact) mass is 382 g/mol. The summed E-state index contributed by atoms with van der Waals surface area (Å²) >= 11 is 0. The molecule has 1 saturated heterocycles. The molecule has 6 nitrogen and oxygen atoms in total. The van der Waals surface area contributed by atoms with Crippen LogP contribution in [0.4, 0.5) is 4.79 Å². The van der Waals surface area contributed by atoms with E-state index in [9.17, 15) is 4.79 Å². The molecule has 0 aliphatic carbocycles. The Morgan fingerprint density at radius 2 is 2.04 bits per heavy atom. The summed E-state index contributed by atoms with van der Waals surface area (Å²) in [7, 11) is 0. The molecule has 1 aromatic heterocycles. The molecule has 1 aromatic carbocycles. The number of ether oxygens (including phenoxy) is 1. The third-order valence-electron chi connectivity index (χ3n) is 4.97. The molecule has 1 aliphatic rings. The van der Waals surface area contributed by atoms with Gasteiger partial charge >= 0.3 is 6.03 Å². The molecule has 0 spiro atoms. The fourth-order valence-corrected chi connectivity index (χ4v) is 3.35. The third kappa shape index (κ3) is 5.96. The van der Waals surface area contributed by atoms with Crippen molar-refractivity contribution in [2.45, 2.75) is 26.8 Å². The second-order valence-corrected chi connectivity index (χ2v) is 7.29. The molecule has 0 saturated carbocycles. The molecule has 0 radical (unpaired) electrons. The van der Waals surface area contributed by atoms with Gasteiger partial charge in [-0.2, -0.15) is 0 Å². The SMILES string of the molecule is Cc1ccc(C)c(OCCNC(=O)N2CCCN(Cc3ccccn3)CC2)c1. The molecule has 0 unspecified atom stereocenters. The molecule has 2 heterocycles. The summed E-state index contributed by atoms with van der Waals surface area (Å²) in [6.07, 6.45) is 2.80. The van der Waals surface area contributed by atoms with E-state index < -0.39 is 0 Å². The van der Waals surface area contributed by atoms with Crippen molar-refractivity contribution >= 4 is 6.03 Å². The van der Waals surface area contributed by atoms with Crippen molar-refractivity contribution in [1.82, 2.24) is 20.1 Å². The Balaban J connectivity index is 1.39. The van der Waals surface area contributed by atoms with Crippen LogP contribution in [0.1, 0.15) is 23.2 Å². The molecule has 150 valence electrons. The van der Waals surface area contributed by atoms with Crippen molar-refractivity contribution in [3.63, 3.8) is 0 Å². The second kappa shape index (κ2) is 10.1. The number of urea groups is 1. The van der Waals surface area contributed by atoms with Gasteiger partial charge in [-0.05, 0) is 49.6 Å². The molecule has 2 aromatic rings. The van der Waals surface area contributed by atoms with Gasteiger partial charge < -0.3 is 15.0 Å². The fraction of sp³-hybridized carbons (Fsp3) is 0.455. The summed E-state index contributed by atoms with van der Waals surface area (Å²) in [5.41, 5.74) is 3.35. The van der Waals surface area contributed by atoms with Gasteiger partial charge in [0.15, 0.2) is 0 Å². The lowest BCUT2D eigenvalue weighted by molar-refractivity contribution is 0.194. The maximum absolute atomic E-state index is 12.5. The van der Waals surface area contributed by atoms with Gasteiger partial charge in [-0.1, -0.05) is 18.2 Å². The van der Waals surface area contributed by atoms with Gasteiger partial charge in [-0.25, -0.2) is 4.79 Å². The van der Waals surface area contributed by atoms with Crippen molar-refractivity contribution in [3.8, 4) is 5.75 Å². The Morgan fingerprint density at radius 3 is 2.86 bits per heavy atom. The number of aromatic nitrogens is 1. The zero-order valence-corrected chi connectivity index (χ0v) is 16.9. The van der Waals surface area contributed by atoms with Crippen LogP contribution in [-0.4, -0.2) is 60.1 Å². The Kier molecular flexibility index (Phi) is 7.25. The van der Waals surface area contributed by atoms with E-state index in [1.807, 2.05) is 49.2 Å². The number of nitrogens with zero attached hydrogens (tertiary/aromatic N) is 3. The summed E-state index contributed by atoms with van der Waals surface area (Å²) in [6.45, 7) is 9.24. The van der Waals surface area contributed by atoms with Crippen molar-refractivity contribution in [3.05, 3.63) is 59.4 Å². The van der Waals surface area contributed by atoms with Crippen molar-refractivity contribution in [2.75, 3.05) is 39.3 Å². The zero-order chi connectivity index (χ0) is 19.8. The smallest absolute Gasteiger partial charge is 0.317 e. The van der Waals surface area contributed by atoms with Crippen LogP contribution in [0.15, 0.2) is 42.6 Å². The number of nitrogens with one attached hydrogen (secondary N) is 1. The molecule has 6 heteroatoms. The maximum Gasteiger partial charge on any atom is 0.317 e. The predicted octanol–water partition coefficient (Wildman–Crippen LogP) is 2.99. The standard InChI is InChI=1S/C22H30N4O2/c1-18-7-8-19(2)21(16-18)28-15-10-24-22(27)26-12-5-11-25(13-14-26)17-20-6-3-4-9-23-20/h3-4,6-9,16H,5,10-15,17H2,1-2H3,(H,24,27). The molecular weight excluding hydrogens is 352 g/mol. The number of rotatable bonds is 6. The van der Waals surface area contributed by atoms with Crippen LogP contribution in [0, 0.1) is 13.8 Å². The molecule has 0 atom stereocenters. The first-order chi connectivity index (χ1) is 13.6. The summed E-state index contributed by atoms with van der Waals surface area (Å²) < 4.78 is 5.82. The van der Waals surface area contributed by atoms with E-state index in [4.69, 9.17) is 4.74 Å². The van der Waals surface area contributed by atoms with E-state index in [2.05, 4.69) is 27.3 Å². The number of benzene rings is 1. The molecule has 2 amide bonds. The van der Waals surface area contributed by atoms with E-state index in [0.29, 0.717) is 13.2 Å². The molecule has 3 rings (SSSR count). The number of pyridine rings is 1. The number of carbonyl (C=O) groups excluding carboxylic acids is 1. The average Bonchev–Trinajstić information content (AvgIpc) is 2.94. The third-order valence-corrected chi connectivity index (χ3v) is 4.97. The van der Waals surface area contributed by atoms with Gasteiger partial charge in [0.2, 0.25) is 0 Å². The van der Waals surface area contributed by atoms with Crippen LogP contribution >= 0.6 is 0 Å². The molecule has 1 aliphatic heterocycles. The summed E-state index contributed by atoms with van der Waals surface area (Å²) in [5.74, 6) is 0.884. The van der Waals surface area contributed by atoms with E-state index in [1.54, 1.807) is 0 Å². The average molecular weight is 383 g/mol. The highest BCUT2D eigenvalue weighted by Crippen LogP contribution is 2.18. The maximum atomic E-state index is 12.5. The highest BCUT2D eigenvalue weighted by Gasteiger charge is 2.19. The van der Waals surface area contributed by atoms with Crippen LogP contribution in [0.5, 0.6) is 5.75 Å². The number of carbonyl (C=O) groups is 1. The largest absolute Gasteiger partial charge is 0.491 e. The van der Waals surface area contributed by atoms with Gasteiger partial charge in [0.25, 0.3) is 0 Å². The van der Waals surface area contributed by atoms with Gasteiger partial charge in [0.1, 0.15) is 12.4 Å². The first kappa shape index (κ1) is 20.1. The Hall–Kier alpha value is -2.60. The summed E-state index contributed by atoms with van der Waals surface area (Å²) in [5, 5.41) is 2.98. The van der Waals surface area contributed by atoms with Gasteiger partial charge in [0.05, 0.1) is 12.2 Å². The van der Waals surface area contributed by atoms with Crippen LogP contribution in [0.2, 0.25) is 0 Å². The van der Waals surface area contributed by atoms with Gasteiger partial charge in [0, 0.05) is 38.9 Å². The Labute approximate surface area is 167 Å². The highest BCUT2D eigenvalue weighted by molar-refractivity contribution is 5.74. The van der Waals surface area contributed by atoms with Crippen LogP contribution in [-0.2, 0) is 6.54 Å². The summed E-state index contributed by atoms with van der Waals surface area (Å²) in [6, 6.07) is 12.1. The second-order valence-electron chi connectivity index (χ2n) is 7.29. The topological polar surface area (TPSA) is 57.7 Å². The van der Waals surface area contributed by atoms with Gasteiger partial charge in [-0.15, -0.1) is 0 Å². The zero-order valence-electron chi connectivity index (χ0n) is 16.9. The van der Waals surface area contributed by atoms with E-state index in [-0.39, 0.29) is 6.03 Å². The molecule has 1 N–H and O–H groups in total. The van der Waals surface area contributed by atoms with Gasteiger partial charge in [-0.3, -0.25) is 9.88 Å². The van der Waals surface area contributed by atoms with Crippen LogP contribution < -0.4 is 10.1 Å². The Morgan fingerprint density at radius 1 is 1.14 bits per heavy atom. The normalized spacial score (nSPS) is 15.1. The quantitative estimate of drug-likeness (QED) is 0.781. The minimum Gasteiger partial charge on any atom is -0.491 e. The molecule has 28 heavy (non-hydrogen) atoms. The highest BCUT2D eigenvalue weighted by atomic mass is 16.5. The van der Waals surface area contributed by atoms with Crippen LogP contribution in [0.3, 0.4) is 0 Å². The number of hydrogen-bond donors (Lipinski definition) is 1. The van der Waals surface area contributed by atoms with Crippen LogP contribution in [0.25, 0.3) is 0 Å².